The maximum atomic E-state index is 12.5. The summed E-state index contributed by atoms with van der Waals surface area (Å²) in [4.78, 5) is 17.6. The summed E-state index contributed by atoms with van der Waals surface area (Å²) in [7, 11) is -3.37. The number of hydrogen-bond acceptors (Lipinski definition) is 6. The minimum Gasteiger partial charge on any atom is -0.439 e. The van der Waals surface area contributed by atoms with Crippen LogP contribution in [0.5, 0.6) is 0 Å². The van der Waals surface area contributed by atoms with Crippen molar-refractivity contribution < 1.29 is 17.6 Å². The van der Waals surface area contributed by atoms with Gasteiger partial charge in [-0.1, -0.05) is 49.4 Å². The van der Waals surface area contributed by atoms with Gasteiger partial charge in [0.2, 0.25) is 11.8 Å². The fourth-order valence-corrected chi connectivity index (χ4v) is 5.72. The van der Waals surface area contributed by atoms with Crippen molar-refractivity contribution in [1.82, 2.24) is 10.3 Å². The number of nitrogens with one attached hydrogen (secondary N) is 1. The average Bonchev–Trinajstić information content (AvgIpc) is 3.22. The first-order chi connectivity index (χ1) is 14.4. The number of hydrogen-bond donors (Lipinski definition) is 1. The zero-order chi connectivity index (χ0) is 21.6. The monoisotopic (exact) mass is 444 g/mol. The maximum Gasteiger partial charge on any atom is 0.233 e. The largest absolute Gasteiger partial charge is 0.439 e. The van der Waals surface area contributed by atoms with Crippen LogP contribution < -0.4 is 5.32 Å². The lowest BCUT2D eigenvalue weighted by molar-refractivity contribution is -0.120. The van der Waals surface area contributed by atoms with Gasteiger partial charge in [-0.3, -0.25) is 4.79 Å². The Bertz CT molecular complexity index is 1100. The zero-order valence-electron chi connectivity index (χ0n) is 16.9. The molecule has 1 unspecified atom stereocenters. The standard InChI is InChI=1S/C22H24N2O4S2/c1-3-13-30(26,27)20-12-8-7-11-19(20)29-16(2)22(25)24-15-21-23-14-18(28-21)17-9-5-4-6-10-17/h4-12,14,16H,3,13,15H2,1-2H3,(H,24,25). The first-order valence-corrected chi connectivity index (χ1v) is 12.2. The minimum absolute atomic E-state index is 0.0824. The van der Waals surface area contributed by atoms with E-state index in [9.17, 15) is 13.2 Å². The Balaban J connectivity index is 1.62. The predicted molar refractivity (Wildman–Crippen MR) is 118 cm³/mol. The van der Waals surface area contributed by atoms with Crippen molar-refractivity contribution in [2.75, 3.05) is 5.75 Å². The molecule has 8 heteroatoms. The normalized spacial score (nSPS) is 12.5. The molecule has 158 valence electrons. The molecule has 1 aromatic heterocycles. The van der Waals surface area contributed by atoms with E-state index in [4.69, 9.17) is 4.42 Å². The highest BCUT2D eigenvalue weighted by atomic mass is 32.2. The quantitative estimate of drug-likeness (QED) is 0.494. The van der Waals surface area contributed by atoms with Crippen LogP contribution in [-0.2, 0) is 21.2 Å². The fraction of sp³-hybridized carbons (Fsp3) is 0.273. The lowest BCUT2D eigenvalue weighted by atomic mass is 10.2. The van der Waals surface area contributed by atoms with Crippen LogP contribution in [0.25, 0.3) is 11.3 Å². The number of aromatic nitrogens is 1. The number of nitrogens with zero attached hydrogens (tertiary/aromatic N) is 1. The third-order valence-corrected chi connectivity index (χ3v) is 7.63. The van der Waals surface area contributed by atoms with E-state index in [1.165, 1.54) is 11.8 Å². The zero-order valence-corrected chi connectivity index (χ0v) is 18.5. The van der Waals surface area contributed by atoms with E-state index in [1.54, 1.807) is 37.4 Å². The number of carbonyl (C=O) groups is 1. The molecule has 2 aromatic carbocycles. The van der Waals surface area contributed by atoms with Crippen molar-refractivity contribution in [3.63, 3.8) is 0 Å². The molecule has 0 aliphatic carbocycles. The predicted octanol–water partition coefficient (Wildman–Crippen LogP) is 4.32. The van der Waals surface area contributed by atoms with Gasteiger partial charge in [-0.05, 0) is 25.5 Å². The number of rotatable bonds is 9. The Morgan fingerprint density at radius 1 is 1.13 bits per heavy atom. The Kier molecular flexibility index (Phi) is 7.33. The average molecular weight is 445 g/mol. The van der Waals surface area contributed by atoms with Gasteiger partial charge in [0.1, 0.15) is 0 Å². The molecule has 1 N–H and O–H groups in total. The summed E-state index contributed by atoms with van der Waals surface area (Å²) in [6, 6.07) is 16.4. The van der Waals surface area contributed by atoms with E-state index in [0.717, 1.165) is 5.56 Å². The summed E-state index contributed by atoms with van der Waals surface area (Å²) in [5, 5.41) is 2.32. The van der Waals surface area contributed by atoms with E-state index in [1.807, 2.05) is 37.3 Å². The number of carbonyl (C=O) groups excluding carboxylic acids is 1. The minimum atomic E-state index is -3.37. The second-order valence-electron chi connectivity index (χ2n) is 6.73. The van der Waals surface area contributed by atoms with E-state index in [-0.39, 0.29) is 23.1 Å². The van der Waals surface area contributed by atoms with E-state index in [0.29, 0.717) is 23.0 Å². The second-order valence-corrected chi connectivity index (χ2v) is 10.2. The van der Waals surface area contributed by atoms with Gasteiger partial charge in [0, 0.05) is 10.5 Å². The van der Waals surface area contributed by atoms with Gasteiger partial charge in [0.05, 0.1) is 28.6 Å². The summed E-state index contributed by atoms with van der Waals surface area (Å²) in [6.45, 7) is 3.73. The van der Waals surface area contributed by atoms with Crippen molar-refractivity contribution in [2.24, 2.45) is 0 Å². The Hall–Kier alpha value is -2.58. The lowest BCUT2D eigenvalue weighted by Gasteiger charge is -2.14. The van der Waals surface area contributed by atoms with Crippen LogP contribution in [0.3, 0.4) is 0 Å². The van der Waals surface area contributed by atoms with Gasteiger partial charge >= 0.3 is 0 Å². The SMILES string of the molecule is CCCS(=O)(=O)c1ccccc1SC(C)C(=O)NCc1ncc(-c2ccccc2)o1. The topological polar surface area (TPSA) is 89.3 Å². The van der Waals surface area contributed by atoms with Crippen LogP contribution in [0.2, 0.25) is 0 Å². The molecule has 1 heterocycles. The highest BCUT2D eigenvalue weighted by Gasteiger charge is 2.22. The van der Waals surface area contributed by atoms with E-state index < -0.39 is 15.1 Å². The Morgan fingerprint density at radius 2 is 1.83 bits per heavy atom. The van der Waals surface area contributed by atoms with Gasteiger partial charge in [0.25, 0.3) is 0 Å². The van der Waals surface area contributed by atoms with Crippen molar-refractivity contribution in [3.05, 3.63) is 66.7 Å². The number of thioether (sulfide) groups is 1. The van der Waals surface area contributed by atoms with Crippen LogP contribution in [0.15, 0.2) is 75.0 Å². The summed E-state index contributed by atoms with van der Waals surface area (Å²) in [5.41, 5.74) is 0.913. The first-order valence-electron chi connectivity index (χ1n) is 9.67. The molecule has 1 amide bonds. The van der Waals surface area contributed by atoms with Crippen molar-refractivity contribution in [1.29, 1.82) is 0 Å². The van der Waals surface area contributed by atoms with Gasteiger partial charge < -0.3 is 9.73 Å². The fourth-order valence-electron chi connectivity index (χ4n) is 2.86. The molecule has 0 spiro atoms. The third kappa shape index (κ3) is 5.52. The lowest BCUT2D eigenvalue weighted by Crippen LogP contribution is -2.30. The summed E-state index contributed by atoms with van der Waals surface area (Å²) in [6.07, 6.45) is 2.17. The second kappa shape index (κ2) is 9.95. The summed E-state index contributed by atoms with van der Waals surface area (Å²) >= 11 is 1.23. The number of sulfone groups is 1. The molecule has 0 saturated carbocycles. The molecule has 3 aromatic rings. The van der Waals surface area contributed by atoms with Gasteiger partial charge in [-0.2, -0.15) is 0 Å². The highest BCUT2D eigenvalue weighted by Crippen LogP contribution is 2.31. The van der Waals surface area contributed by atoms with Crippen molar-refractivity contribution in [3.8, 4) is 11.3 Å². The van der Waals surface area contributed by atoms with Crippen LogP contribution >= 0.6 is 11.8 Å². The van der Waals surface area contributed by atoms with Gasteiger partial charge in [-0.15, -0.1) is 11.8 Å². The number of benzene rings is 2. The van der Waals surface area contributed by atoms with Crippen LogP contribution in [-0.4, -0.2) is 30.3 Å². The number of oxazole rings is 1. The van der Waals surface area contributed by atoms with Gasteiger partial charge in [0.15, 0.2) is 15.6 Å². The summed E-state index contributed by atoms with van der Waals surface area (Å²) in [5.74, 6) is 0.906. The smallest absolute Gasteiger partial charge is 0.233 e. The molecule has 30 heavy (non-hydrogen) atoms. The van der Waals surface area contributed by atoms with Gasteiger partial charge in [-0.25, -0.2) is 13.4 Å². The van der Waals surface area contributed by atoms with Crippen molar-refractivity contribution in [2.45, 2.75) is 41.9 Å². The number of amides is 1. The van der Waals surface area contributed by atoms with E-state index in [2.05, 4.69) is 10.3 Å². The molecule has 0 aliphatic heterocycles. The first kappa shape index (κ1) is 22.1. The van der Waals surface area contributed by atoms with Crippen molar-refractivity contribution >= 4 is 27.5 Å². The molecular formula is C22H24N2O4S2. The third-order valence-electron chi connectivity index (χ3n) is 4.36. The summed E-state index contributed by atoms with van der Waals surface area (Å²) < 4.78 is 30.7. The molecule has 3 rings (SSSR count). The molecule has 1 atom stereocenters. The molecule has 0 aliphatic rings. The highest BCUT2D eigenvalue weighted by molar-refractivity contribution is 8.01. The molecule has 0 saturated heterocycles. The molecule has 0 fully saturated rings. The Morgan fingerprint density at radius 3 is 2.57 bits per heavy atom. The molecule has 0 bridgehead atoms. The van der Waals surface area contributed by atoms with E-state index >= 15 is 0 Å². The Labute approximate surface area is 181 Å². The molecule has 0 radical (unpaired) electrons. The van der Waals surface area contributed by atoms with Crippen LogP contribution in [0, 0.1) is 0 Å². The van der Waals surface area contributed by atoms with Crippen LogP contribution in [0.1, 0.15) is 26.2 Å². The maximum absolute atomic E-state index is 12.5. The van der Waals surface area contributed by atoms with Crippen LogP contribution in [0.4, 0.5) is 0 Å². The molecule has 6 nitrogen and oxygen atoms in total. The molecular weight excluding hydrogens is 420 g/mol.